The quantitative estimate of drug-likeness (QED) is 0.448. The summed E-state index contributed by atoms with van der Waals surface area (Å²) >= 11 is 6.06. The van der Waals surface area contributed by atoms with Gasteiger partial charge in [-0.05, 0) is 36.4 Å². The second kappa shape index (κ2) is 6.90. The molecule has 3 aromatic carbocycles. The molecule has 1 aromatic heterocycles. The van der Waals surface area contributed by atoms with Crippen molar-refractivity contribution in [1.82, 2.24) is 9.97 Å². The van der Waals surface area contributed by atoms with Crippen molar-refractivity contribution in [2.75, 3.05) is 10.6 Å². The minimum atomic E-state index is -0.361. The van der Waals surface area contributed by atoms with E-state index in [9.17, 15) is 4.79 Å². The van der Waals surface area contributed by atoms with Crippen molar-refractivity contribution >= 4 is 40.0 Å². The normalized spacial score (nSPS) is 10.7. The zero-order chi connectivity index (χ0) is 17.9. The number of aromatic amines is 1. The number of carbonyl (C=O) groups excluding carboxylic acids is 1. The molecule has 0 aliphatic heterocycles. The number of hydrogen-bond acceptors (Lipinski definition) is 2. The van der Waals surface area contributed by atoms with Crippen LogP contribution in [0.25, 0.3) is 22.4 Å². The van der Waals surface area contributed by atoms with Crippen LogP contribution in [0.1, 0.15) is 0 Å². The Morgan fingerprint density at radius 1 is 0.923 bits per heavy atom. The number of nitrogens with zero attached hydrogens (tertiary/aromatic N) is 1. The van der Waals surface area contributed by atoms with Crippen LogP contribution in [0.3, 0.4) is 0 Å². The number of nitrogens with one attached hydrogen (secondary N) is 3. The third-order valence-corrected chi connectivity index (χ3v) is 4.23. The molecule has 5 nitrogen and oxygen atoms in total. The van der Waals surface area contributed by atoms with Crippen LogP contribution in [0.15, 0.2) is 72.8 Å². The molecule has 0 aliphatic rings. The van der Waals surface area contributed by atoms with Crippen LogP contribution in [-0.2, 0) is 0 Å². The van der Waals surface area contributed by atoms with Gasteiger partial charge in [-0.15, -0.1) is 0 Å². The fraction of sp³-hybridized carbons (Fsp3) is 0. The number of benzene rings is 3. The van der Waals surface area contributed by atoms with Gasteiger partial charge in [0, 0.05) is 11.3 Å². The van der Waals surface area contributed by atoms with Crippen LogP contribution in [-0.4, -0.2) is 16.0 Å². The summed E-state index contributed by atoms with van der Waals surface area (Å²) in [6.45, 7) is 0. The second-order valence-corrected chi connectivity index (χ2v) is 6.15. The highest BCUT2D eigenvalue weighted by Crippen LogP contribution is 2.24. The molecule has 4 aromatic rings. The van der Waals surface area contributed by atoms with Crippen LogP contribution < -0.4 is 10.6 Å². The van der Waals surface area contributed by atoms with Crippen molar-refractivity contribution in [2.45, 2.75) is 0 Å². The van der Waals surface area contributed by atoms with Gasteiger partial charge in [0.1, 0.15) is 5.82 Å². The number of H-pyrrole nitrogens is 1. The number of halogens is 1. The molecule has 3 N–H and O–H groups in total. The SMILES string of the molecule is O=C(Nc1cccc(-c2nc3ccccc3[nH]2)c1)Nc1ccccc1Cl. The van der Waals surface area contributed by atoms with Crippen LogP contribution in [0.2, 0.25) is 5.02 Å². The molecule has 4 rings (SSSR count). The van der Waals surface area contributed by atoms with E-state index in [1.165, 1.54) is 0 Å². The van der Waals surface area contributed by atoms with Crippen molar-refractivity contribution in [3.8, 4) is 11.4 Å². The standard InChI is InChI=1S/C20H15ClN4O/c21-15-8-1-2-9-16(15)25-20(26)22-14-7-5-6-13(12-14)19-23-17-10-3-4-11-18(17)24-19/h1-12H,(H,23,24)(H2,22,25,26). The van der Waals surface area contributed by atoms with E-state index in [1.54, 1.807) is 12.1 Å². The zero-order valence-electron chi connectivity index (χ0n) is 13.7. The molecule has 0 atom stereocenters. The minimum absolute atomic E-state index is 0.361. The lowest BCUT2D eigenvalue weighted by Gasteiger charge is -2.09. The van der Waals surface area contributed by atoms with Crippen LogP contribution >= 0.6 is 11.6 Å². The fourth-order valence-electron chi connectivity index (χ4n) is 2.68. The monoisotopic (exact) mass is 362 g/mol. The van der Waals surface area contributed by atoms with Gasteiger partial charge in [0.25, 0.3) is 0 Å². The van der Waals surface area contributed by atoms with E-state index in [1.807, 2.05) is 60.7 Å². The van der Waals surface area contributed by atoms with Gasteiger partial charge >= 0.3 is 6.03 Å². The van der Waals surface area contributed by atoms with E-state index >= 15 is 0 Å². The zero-order valence-corrected chi connectivity index (χ0v) is 14.4. The number of imidazole rings is 1. The molecule has 0 saturated heterocycles. The molecule has 0 aliphatic carbocycles. The third kappa shape index (κ3) is 3.38. The summed E-state index contributed by atoms with van der Waals surface area (Å²) in [4.78, 5) is 20.1. The summed E-state index contributed by atoms with van der Waals surface area (Å²) in [5.74, 6) is 0.751. The molecule has 0 saturated carbocycles. The van der Waals surface area contributed by atoms with Gasteiger partial charge in [-0.3, -0.25) is 0 Å². The number of carbonyl (C=O) groups is 1. The predicted octanol–water partition coefficient (Wildman–Crippen LogP) is 5.53. The molecule has 2 amide bonds. The van der Waals surface area contributed by atoms with Crippen molar-refractivity contribution < 1.29 is 4.79 Å². The first-order valence-electron chi connectivity index (χ1n) is 8.07. The number of urea groups is 1. The first-order valence-corrected chi connectivity index (χ1v) is 8.44. The molecule has 1 heterocycles. The summed E-state index contributed by atoms with van der Waals surface area (Å²) in [7, 11) is 0. The second-order valence-electron chi connectivity index (χ2n) is 5.74. The van der Waals surface area contributed by atoms with Gasteiger partial charge in [-0.1, -0.05) is 48.0 Å². The van der Waals surface area contributed by atoms with Crippen LogP contribution in [0.4, 0.5) is 16.2 Å². The van der Waals surface area contributed by atoms with Crippen molar-refractivity contribution in [3.05, 3.63) is 77.8 Å². The number of amides is 2. The highest BCUT2D eigenvalue weighted by Gasteiger charge is 2.08. The van der Waals surface area contributed by atoms with Gasteiger partial charge in [0.2, 0.25) is 0 Å². The molecule has 0 spiro atoms. The Hall–Kier alpha value is -3.31. The van der Waals surface area contributed by atoms with Gasteiger partial charge in [0.15, 0.2) is 0 Å². The molecule has 6 heteroatoms. The summed E-state index contributed by atoms with van der Waals surface area (Å²) in [5.41, 5.74) is 3.97. The summed E-state index contributed by atoms with van der Waals surface area (Å²) in [5, 5.41) is 6.03. The Balaban J connectivity index is 1.54. The maximum absolute atomic E-state index is 12.2. The Kier molecular flexibility index (Phi) is 4.29. The predicted molar refractivity (Wildman–Crippen MR) is 106 cm³/mol. The Labute approximate surface area is 155 Å². The third-order valence-electron chi connectivity index (χ3n) is 3.91. The Bertz CT molecular complexity index is 1060. The number of anilines is 2. The first-order chi connectivity index (χ1) is 12.7. The average Bonchev–Trinajstić information content (AvgIpc) is 3.08. The fourth-order valence-corrected chi connectivity index (χ4v) is 2.86. The van der Waals surface area contributed by atoms with E-state index in [0.717, 1.165) is 22.4 Å². The minimum Gasteiger partial charge on any atom is -0.338 e. The maximum Gasteiger partial charge on any atom is 0.323 e. The van der Waals surface area contributed by atoms with Gasteiger partial charge in [-0.2, -0.15) is 0 Å². The molecule has 0 radical (unpaired) electrons. The first kappa shape index (κ1) is 16.2. The topological polar surface area (TPSA) is 69.8 Å². The highest BCUT2D eigenvalue weighted by molar-refractivity contribution is 6.33. The van der Waals surface area contributed by atoms with E-state index in [0.29, 0.717) is 16.4 Å². The van der Waals surface area contributed by atoms with Crippen molar-refractivity contribution in [1.29, 1.82) is 0 Å². The molecular weight excluding hydrogens is 348 g/mol. The van der Waals surface area contributed by atoms with E-state index < -0.39 is 0 Å². The smallest absolute Gasteiger partial charge is 0.323 e. The number of rotatable bonds is 3. The van der Waals surface area contributed by atoms with Gasteiger partial charge < -0.3 is 15.6 Å². The van der Waals surface area contributed by atoms with Gasteiger partial charge in [-0.25, -0.2) is 9.78 Å². The number of aromatic nitrogens is 2. The van der Waals surface area contributed by atoms with Crippen LogP contribution in [0, 0.1) is 0 Å². The Morgan fingerprint density at radius 3 is 2.58 bits per heavy atom. The van der Waals surface area contributed by atoms with Gasteiger partial charge in [0.05, 0.1) is 21.7 Å². The number of fused-ring (bicyclic) bond motifs is 1. The molecular formula is C20H15ClN4O. The lowest BCUT2D eigenvalue weighted by atomic mass is 10.2. The number of hydrogen-bond donors (Lipinski definition) is 3. The van der Waals surface area contributed by atoms with Crippen molar-refractivity contribution in [2.24, 2.45) is 0 Å². The highest BCUT2D eigenvalue weighted by atomic mass is 35.5. The summed E-state index contributed by atoms with van der Waals surface area (Å²) in [6, 6.07) is 22.0. The molecule has 26 heavy (non-hydrogen) atoms. The maximum atomic E-state index is 12.2. The summed E-state index contributed by atoms with van der Waals surface area (Å²) < 4.78 is 0. The van der Waals surface area contributed by atoms with E-state index in [-0.39, 0.29) is 6.03 Å². The van der Waals surface area contributed by atoms with Crippen molar-refractivity contribution in [3.63, 3.8) is 0 Å². The largest absolute Gasteiger partial charge is 0.338 e. The molecule has 0 unspecified atom stereocenters. The molecule has 0 fully saturated rings. The summed E-state index contributed by atoms with van der Waals surface area (Å²) in [6.07, 6.45) is 0. The average molecular weight is 363 g/mol. The van der Waals surface area contributed by atoms with E-state index in [4.69, 9.17) is 11.6 Å². The molecule has 128 valence electrons. The lowest BCUT2D eigenvalue weighted by molar-refractivity contribution is 0.262. The molecule has 0 bridgehead atoms. The van der Waals surface area contributed by atoms with E-state index in [2.05, 4.69) is 20.6 Å². The van der Waals surface area contributed by atoms with Crippen LogP contribution in [0.5, 0.6) is 0 Å². The Morgan fingerprint density at radius 2 is 1.73 bits per heavy atom. The lowest BCUT2D eigenvalue weighted by Crippen LogP contribution is -2.19. The number of para-hydroxylation sites is 3.